The Hall–Kier alpha value is -4.25. The minimum absolute atomic E-state index is 0.0771. The summed E-state index contributed by atoms with van der Waals surface area (Å²) >= 11 is 0.770. The molecule has 0 atom stereocenters. The second kappa shape index (κ2) is 11.4. The Bertz CT molecular complexity index is 1670. The molecule has 4 N–H and O–H groups in total. The third kappa shape index (κ3) is 6.17. The monoisotopic (exact) mass is 556 g/mol. The minimum atomic E-state index is -4.67. The van der Waals surface area contributed by atoms with Gasteiger partial charge in [0, 0.05) is 15.7 Å². The van der Waals surface area contributed by atoms with Gasteiger partial charge in [-0.2, -0.15) is 18.6 Å². The lowest BCUT2D eigenvalue weighted by atomic mass is 10.1. The van der Waals surface area contributed by atoms with Crippen LogP contribution in [-0.2, 0) is 19.5 Å². The lowest BCUT2D eigenvalue weighted by molar-refractivity contribution is -0.432. The van der Waals surface area contributed by atoms with Crippen LogP contribution in [-0.4, -0.2) is 34.4 Å². The number of carboxylic acids is 1. The zero-order valence-electron chi connectivity index (χ0n) is 18.9. The van der Waals surface area contributed by atoms with Crippen LogP contribution in [0.3, 0.4) is 0 Å². The predicted octanol–water partition coefficient (Wildman–Crippen LogP) is 6.75. The number of nitrogens with zero attached hydrogens (tertiary/aromatic N) is 4. The van der Waals surface area contributed by atoms with Gasteiger partial charge in [-0.15, -0.1) is 14.6 Å². The lowest BCUT2D eigenvalue weighted by Crippen LogP contribution is -1.99. The second-order valence-corrected chi connectivity index (χ2v) is 9.55. The van der Waals surface area contributed by atoms with E-state index in [2.05, 4.69) is 29.8 Å². The quantitative estimate of drug-likeness (QED) is 0.0561. The SMILES string of the molecule is O=C(O)c1cc(N=Nc2ccc(SOOO)cc2)ccc1N=Nc1cc(S(=O)(=O)O)c2ccccc2c1O. The number of aromatic hydroxyl groups is 1. The number of carboxylic acid groups (broad SMARTS) is 1. The Morgan fingerprint density at radius 1 is 0.816 bits per heavy atom. The zero-order chi connectivity index (χ0) is 27.3. The molecule has 0 saturated heterocycles. The molecule has 4 aromatic rings. The Morgan fingerprint density at radius 2 is 1.45 bits per heavy atom. The molecule has 0 bridgehead atoms. The van der Waals surface area contributed by atoms with Crippen LogP contribution in [0.5, 0.6) is 5.75 Å². The van der Waals surface area contributed by atoms with Crippen molar-refractivity contribution in [3.63, 3.8) is 0 Å². The van der Waals surface area contributed by atoms with Gasteiger partial charge in [0.05, 0.1) is 29.0 Å². The van der Waals surface area contributed by atoms with Crippen molar-refractivity contribution in [1.29, 1.82) is 0 Å². The number of fused-ring (bicyclic) bond motifs is 1. The first-order valence-corrected chi connectivity index (χ1v) is 12.5. The maximum Gasteiger partial charge on any atom is 0.338 e. The molecule has 4 aromatic carbocycles. The molecule has 13 nitrogen and oxygen atoms in total. The summed E-state index contributed by atoms with van der Waals surface area (Å²) in [5.74, 6) is -1.75. The van der Waals surface area contributed by atoms with Crippen LogP contribution < -0.4 is 0 Å². The molecule has 0 heterocycles. The van der Waals surface area contributed by atoms with Crippen molar-refractivity contribution in [2.45, 2.75) is 9.79 Å². The molecule has 194 valence electrons. The second-order valence-electron chi connectivity index (χ2n) is 7.39. The Morgan fingerprint density at radius 3 is 2.11 bits per heavy atom. The zero-order valence-corrected chi connectivity index (χ0v) is 20.5. The Kier molecular flexibility index (Phi) is 8.06. The molecule has 0 saturated carbocycles. The molecule has 0 spiro atoms. The molecule has 15 heteroatoms. The number of azo groups is 2. The van der Waals surface area contributed by atoms with Gasteiger partial charge >= 0.3 is 5.97 Å². The molecule has 0 aliphatic rings. The van der Waals surface area contributed by atoms with Gasteiger partial charge in [-0.05, 0) is 48.5 Å². The van der Waals surface area contributed by atoms with Gasteiger partial charge < -0.3 is 10.2 Å². The number of carbonyl (C=O) groups is 1. The first-order chi connectivity index (χ1) is 18.2. The van der Waals surface area contributed by atoms with Crippen LogP contribution in [0.1, 0.15) is 10.4 Å². The molecule has 0 aliphatic heterocycles. The highest BCUT2D eigenvalue weighted by molar-refractivity contribution is 7.94. The van der Waals surface area contributed by atoms with Gasteiger partial charge in [0.15, 0.2) is 5.75 Å². The van der Waals surface area contributed by atoms with E-state index in [1.807, 2.05) is 0 Å². The first kappa shape index (κ1) is 26.8. The number of hydrogen-bond acceptors (Lipinski definition) is 12. The normalized spacial score (nSPS) is 12.1. The highest BCUT2D eigenvalue weighted by atomic mass is 32.2. The first-order valence-electron chi connectivity index (χ1n) is 10.3. The van der Waals surface area contributed by atoms with Crippen molar-refractivity contribution in [2.75, 3.05) is 0 Å². The molecule has 0 aliphatic carbocycles. The van der Waals surface area contributed by atoms with E-state index in [1.54, 1.807) is 30.3 Å². The van der Waals surface area contributed by atoms with E-state index in [4.69, 9.17) is 5.26 Å². The Labute approximate surface area is 218 Å². The molecule has 0 radical (unpaired) electrons. The van der Waals surface area contributed by atoms with Gasteiger partial charge in [-0.1, -0.05) is 29.3 Å². The maximum atomic E-state index is 11.9. The van der Waals surface area contributed by atoms with Crippen LogP contribution in [0, 0.1) is 0 Å². The van der Waals surface area contributed by atoms with Crippen molar-refractivity contribution in [3.05, 3.63) is 78.4 Å². The molecular formula is C23H16N4O9S2. The van der Waals surface area contributed by atoms with Gasteiger partial charge in [-0.3, -0.25) is 4.55 Å². The standard InChI is InChI=1S/C23H16N4O9S2/c28-22-17-4-2-1-3-16(17)21(38(32,33)34)12-20(22)27-26-19-10-7-14(11-18(19)23(29)30)25-24-13-5-8-15(9-6-13)37-36-35-31/h1-12,28,31H,(H,29,30)(H,32,33,34). The minimum Gasteiger partial charge on any atom is -0.505 e. The highest BCUT2D eigenvalue weighted by Gasteiger charge is 2.19. The van der Waals surface area contributed by atoms with Crippen molar-refractivity contribution in [3.8, 4) is 5.75 Å². The van der Waals surface area contributed by atoms with Gasteiger partial charge in [-0.25, -0.2) is 10.1 Å². The van der Waals surface area contributed by atoms with Crippen molar-refractivity contribution in [1.82, 2.24) is 0 Å². The van der Waals surface area contributed by atoms with Crippen molar-refractivity contribution in [2.24, 2.45) is 20.5 Å². The molecule has 0 amide bonds. The van der Waals surface area contributed by atoms with Crippen LogP contribution in [0.15, 0.2) is 103 Å². The van der Waals surface area contributed by atoms with Crippen LogP contribution >= 0.6 is 12.0 Å². The molecular weight excluding hydrogens is 540 g/mol. The maximum absolute atomic E-state index is 11.9. The lowest BCUT2D eigenvalue weighted by Gasteiger charge is -2.08. The van der Waals surface area contributed by atoms with Crippen LogP contribution in [0.2, 0.25) is 0 Å². The van der Waals surface area contributed by atoms with Crippen LogP contribution in [0.25, 0.3) is 10.8 Å². The molecule has 4 rings (SSSR count). The fourth-order valence-corrected chi connectivity index (χ4v) is 4.37. The summed E-state index contributed by atoms with van der Waals surface area (Å²) in [6.07, 6.45) is 0. The third-order valence-corrected chi connectivity index (χ3v) is 6.48. The Balaban J connectivity index is 1.64. The van der Waals surface area contributed by atoms with E-state index in [-0.39, 0.29) is 33.4 Å². The van der Waals surface area contributed by atoms with E-state index in [0.29, 0.717) is 10.6 Å². The molecule has 0 unspecified atom stereocenters. The van der Waals surface area contributed by atoms with E-state index >= 15 is 0 Å². The molecule has 0 fully saturated rings. The number of benzene rings is 4. The fraction of sp³-hybridized carbons (Fsp3) is 0. The number of aromatic carboxylic acids is 1. The predicted molar refractivity (Wildman–Crippen MR) is 134 cm³/mol. The number of phenols is 1. The average molecular weight is 557 g/mol. The number of phenolic OH excluding ortho intramolecular Hbond substituents is 1. The topological polar surface area (TPSA) is 200 Å². The van der Waals surface area contributed by atoms with Gasteiger partial charge in [0.25, 0.3) is 10.1 Å². The van der Waals surface area contributed by atoms with E-state index < -0.39 is 26.7 Å². The van der Waals surface area contributed by atoms with Crippen molar-refractivity contribution < 1.29 is 42.6 Å². The summed E-state index contributed by atoms with van der Waals surface area (Å²) in [5.41, 5.74) is -0.0485. The van der Waals surface area contributed by atoms with E-state index in [0.717, 1.165) is 18.1 Å². The summed E-state index contributed by atoms with van der Waals surface area (Å²) in [6.45, 7) is 0. The van der Waals surface area contributed by atoms with Crippen LogP contribution in [0.4, 0.5) is 22.7 Å². The van der Waals surface area contributed by atoms with Gasteiger partial charge in [0.2, 0.25) is 0 Å². The highest BCUT2D eigenvalue weighted by Crippen LogP contribution is 2.40. The average Bonchev–Trinajstić information content (AvgIpc) is 2.90. The number of hydrogen-bond donors (Lipinski definition) is 4. The third-order valence-electron chi connectivity index (χ3n) is 4.99. The number of rotatable bonds is 9. The van der Waals surface area contributed by atoms with E-state index in [1.165, 1.54) is 36.4 Å². The summed E-state index contributed by atoms with van der Waals surface area (Å²) in [5, 5.41) is 47.9. The van der Waals surface area contributed by atoms with E-state index in [9.17, 15) is 28.0 Å². The van der Waals surface area contributed by atoms with Crippen molar-refractivity contribution >= 4 is 61.7 Å². The van der Waals surface area contributed by atoms with Gasteiger partial charge in [0.1, 0.15) is 16.3 Å². The molecule has 38 heavy (non-hydrogen) atoms. The smallest absolute Gasteiger partial charge is 0.338 e. The summed E-state index contributed by atoms with van der Waals surface area (Å²) < 4.78 is 37.7. The summed E-state index contributed by atoms with van der Waals surface area (Å²) in [6, 6.07) is 17.3. The largest absolute Gasteiger partial charge is 0.505 e. The fourth-order valence-electron chi connectivity index (χ4n) is 3.29. The summed E-state index contributed by atoms with van der Waals surface area (Å²) in [4.78, 5) is 12.0. The summed E-state index contributed by atoms with van der Waals surface area (Å²) in [7, 11) is -4.67. The molecule has 0 aromatic heterocycles.